The fraction of sp³-hybridized carbons (Fsp3) is 0.571. The monoisotopic (exact) mass is 736 g/mol. The summed E-state index contributed by atoms with van der Waals surface area (Å²) in [5.41, 5.74) is -3.68. The Hall–Kier alpha value is -3.67. The van der Waals surface area contributed by atoms with Crippen LogP contribution in [0.2, 0.25) is 0 Å². The minimum absolute atomic E-state index is 0.0188. The summed E-state index contributed by atoms with van der Waals surface area (Å²) in [7, 11) is 3.17. The molecule has 6 aliphatic rings. The fourth-order valence-electron chi connectivity index (χ4n) is 11.4. The second-order valence-electron chi connectivity index (χ2n) is 16.6. The van der Waals surface area contributed by atoms with Gasteiger partial charge in [0, 0.05) is 53.3 Å². The number of Topliss-reactive ketones (excluding diaryl/α,β-unsaturated/α-hetero) is 1. The van der Waals surface area contributed by atoms with Gasteiger partial charge in [0.25, 0.3) is 0 Å². The van der Waals surface area contributed by atoms with Crippen LogP contribution in [0, 0.1) is 33.5 Å². The van der Waals surface area contributed by atoms with Crippen LogP contribution in [0.5, 0.6) is 5.75 Å². The Bertz CT molecular complexity index is 1810. The smallest absolute Gasteiger partial charge is 0.416 e. The van der Waals surface area contributed by atoms with E-state index in [4.69, 9.17) is 9.47 Å². The molecule has 3 N–H and O–H groups in total. The van der Waals surface area contributed by atoms with Crippen LogP contribution in [0.4, 0.5) is 23.7 Å². The Morgan fingerprint density at radius 1 is 0.962 bits per heavy atom. The number of allylic oxidation sites excluding steroid dienone is 4. The van der Waals surface area contributed by atoms with Crippen molar-refractivity contribution in [3.05, 3.63) is 83.5 Å². The number of ether oxygens (including phenoxy) is 2. The van der Waals surface area contributed by atoms with Gasteiger partial charge >= 0.3 is 12.2 Å². The van der Waals surface area contributed by atoms with E-state index in [-0.39, 0.29) is 35.4 Å². The predicted octanol–water partition coefficient (Wildman–Crippen LogP) is 8.06. The van der Waals surface area contributed by atoms with Crippen molar-refractivity contribution < 1.29 is 42.4 Å². The van der Waals surface area contributed by atoms with Gasteiger partial charge in [-0.15, -0.1) is 0 Å². The van der Waals surface area contributed by atoms with E-state index < -0.39 is 45.5 Å². The molecule has 2 amide bonds. The highest BCUT2D eigenvalue weighted by Crippen LogP contribution is 2.78. The quantitative estimate of drug-likeness (QED) is 0.130. The summed E-state index contributed by atoms with van der Waals surface area (Å²) in [5.74, 6) is -0.0434. The topological polar surface area (TPSA) is 108 Å². The van der Waals surface area contributed by atoms with Crippen molar-refractivity contribution in [3.63, 3.8) is 0 Å². The van der Waals surface area contributed by atoms with E-state index in [1.54, 1.807) is 43.4 Å². The van der Waals surface area contributed by atoms with Gasteiger partial charge in [-0.25, -0.2) is 4.79 Å². The Kier molecular flexibility index (Phi) is 9.42. The minimum atomic E-state index is -4.61. The van der Waals surface area contributed by atoms with E-state index in [1.807, 2.05) is 6.08 Å². The van der Waals surface area contributed by atoms with E-state index in [0.717, 1.165) is 18.6 Å². The first-order valence-corrected chi connectivity index (χ1v) is 18.8. The van der Waals surface area contributed by atoms with Gasteiger partial charge in [-0.3, -0.25) is 4.79 Å². The molecule has 6 aliphatic carbocycles. The third kappa shape index (κ3) is 5.84. The molecule has 8 unspecified atom stereocenters. The first-order valence-electron chi connectivity index (χ1n) is 18.8. The number of amides is 2. The number of carbonyl (C=O) groups is 2. The number of aliphatic hydroxyl groups is 2. The lowest BCUT2D eigenvalue weighted by molar-refractivity contribution is -0.174. The molecule has 2 spiro atoms. The number of ketones is 1. The van der Waals surface area contributed by atoms with Gasteiger partial charge in [0.2, 0.25) is 0 Å². The van der Waals surface area contributed by atoms with Crippen molar-refractivity contribution in [3.8, 4) is 5.75 Å². The summed E-state index contributed by atoms with van der Waals surface area (Å²) >= 11 is 0. The van der Waals surface area contributed by atoms with Crippen LogP contribution in [0.3, 0.4) is 0 Å². The van der Waals surface area contributed by atoms with Crippen molar-refractivity contribution in [2.75, 3.05) is 39.2 Å². The number of rotatable bonds is 10. The predicted molar refractivity (Wildman–Crippen MR) is 194 cm³/mol. The molecule has 0 saturated heterocycles. The molecule has 2 bridgehead atoms. The van der Waals surface area contributed by atoms with Crippen LogP contribution in [0.25, 0.3) is 0 Å². The highest BCUT2D eigenvalue weighted by Gasteiger charge is 2.74. The average molecular weight is 737 g/mol. The second kappa shape index (κ2) is 13.3. The first kappa shape index (κ1) is 37.6. The number of benzene rings is 2. The molecule has 3 fully saturated rings. The molecule has 286 valence electrons. The maximum Gasteiger partial charge on any atom is 0.416 e. The van der Waals surface area contributed by atoms with Crippen LogP contribution in [-0.4, -0.2) is 72.5 Å². The van der Waals surface area contributed by atoms with Crippen LogP contribution in [0.15, 0.2) is 72.3 Å². The van der Waals surface area contributed by atoms with Crippen molar-refractivity contribution in [1.29, 1.82) is 0 Å². The maximum atomic E-state index is 14.8. The number of anilines is 1. The van der Waals surface area contributed by atoms with E-state index in [0.29, 0.717) is 75.1 Å². The summed E-state index contributed by atoms with van der Waals surface area (Å²) in [6.07, 6.45) is 5.81. The normalized spacial score (nSPS) is 35.5. The molecule has 0 aromatic heterocycles. The third-order valence-electron chi connectivity index (χ3n) is 14.3. The standard InChI is InChI=1S/C42H51F3N2O6/c1-37-16-13-30(48)24-39(37)19-20-41(32(25-39)35(49)27-7-5-8-28(23-27)42(43,44)45)33(37)14-17-38(2)34(41)15-18-40(38,51)26-47(21-6-22-52-3)36(50)46-29-9-11-31(53-4)12-10-29/h5,7-12,19-20,23,25,30,33-34,48,51H,6,13-18,21-22,24,26H2,1-4H3,(H,46,50). The van der Waals surface area contributed by atoms with Crippen molar-refractivity contribution in [2.24, 2.45) is 33.5 Å². The third-order valence-corrected chi connectivity index (χ3v) is 14.3. The Balaban J connectivity index is 1.27. The summed E-state index contributed by atoms with van der Waals surface area (Å²) in [5, 5.41) is 26.8. The van der Waals surface area contributed by atoms with Crippen molar-refractivity contribution >= 4 is 17.5 Å². The zero-order valence-electron chi connectivity index (χ0n) is 31.0. The number of hydrogen-bond donors (Lipinski definition) is 3. The van der Waals surface area contributed by atoms with E-state index in [9.17, 15) is 33.0 Å². The number of urea groups is 1. The lowest BCUT2D eigenvalue weighted by Gasteiger charge is -2.71. The molecule has 8 rings (SSSR count). The van der Waals surface area contributed by atoms with Gasteiger partial charge < -0.3 is 29.9 Å². The lowest BCUT2D eigenvalue weighted by atomic mass is 9.32. The van der Waals surface area contributed by atoms with E-state index >= 15 is 0 Å². The fourth-order valence-corrected chi connectivity index (χ4v) is 11.4. The molecule has 8 atom stereocenters. The van der Waals surface area contributed by atoms with Gasteiger partial charge in [-0.2, -0.15) is 13.2 Å². The van der Waals surface area contributed by atoms with Crippen LogP contribution < -0.4 is 10.1 Å². The van der Waals surface area contributed by atoms with Gasteiger partial charge in [-0.1, -0.05) is 44.2 Å². The number of halogens is 3. The van der Waals surface area contributed by atoms with Crippen LogP contribution >= 0.6 is 0 Å². The molecule has 11 heteroatoms. The molecule has 2 aromatic carbocycles. The first-order chi connectivity index (χ1) is 25.1. The molecule has 0 aliphatic heterocycles. The highest BCUT2D eigenvalue weighted by molar-refractivity contribution is 6.10. The number of fused-ring (bicyclic) bond motifs is 1. The number of carbonyl (C=O) groups excluding carboxylic acids is 2. The summed E-state index contributed by atoms with van der Waals surface area (Å²) < 4.78 is 52.2. The molecule has 2 aromatic rings. The Morgan fingerprint density at radius 2 is 1.66 bits per heavy atom. The molecule has 0 heterocycles. The van der Waals surface area contributed by atoms with Crippen molar-refractivity contribution in [2.45, 2.75) is 83.1 Å². The van der Waals surface area contributed by atoms with Crippen LogP contribution in [-0.2, 0) is 10.9 Å². The molecule has 3 saturated carbocycles. The molecular weight excluding hydrogens is 685 g/mol. The highest BCUT2D eigenvalue weighted by atomic mass is 19.4. The average Bonchev–Trinajstić information content (AvgIpc) is 3.40. The summed E-state index contributed by atoms with van der Waals surface area (Å²) in [4.78, 5) is 30.3. The molecule has 8 nitrogen and oxygen atoms in total. The largest absolute Gasteiger partial charge is 0.497 e. The van der Waals surface area contributed by atoms with Gasteiger partial charge in [0.15, 0.2) is 5.78 Å². The zero-order valence-corrected chi connectivity index (χ0v) is 31.0. The molecular formula is C42H51F3N2O6. The SMILES string of the molecule is COCCCN(CC1(O)CCC2C34C=CC5(C=C3C(=O)c3cccc(C(F)(F)F)c3)CC(O)CCC5(C)C4CCC21C)C(=O)Nc1ccc(OC)cc1. The minimum Gasteiger partial charge on any atom is -0.497 e. The van der Waals surface area contributed by atoms with E-state index in [2.05, 4.69) is 31.3 Å². The molecule has 53 heavy (non-hydrogen) atoms. The van der Waals surface area contributed by atoms with E-state index in [1.165, 1.54) is 12.1 Å². The lowest BCUT2D eigenvalue weighted by Crippen LogP contribution is -2.67. The number of aliphatic hydroxyl groups excluding tert-OH is 1. The maximum absolute atomic E-state index is 14.8. The molecule has 0 radical (unpaired) electrons. The number of hydrogen-bond acceptors (Lipinski definition) is 6. The Morgan fingerprint density at radius 3 is 2.36 bits per heavy atom. The van der Waals surface area contributed by atoms with Gasteiger partial charge in [0.05, 0.1) is 30.9 Å². The second-order valence-corrected chi connectivity index (χ2v) is 16.6. The number of alkyl halides is 3. The van der Waals surface area contributed by atoms with Crippen LogP contribution in [0.1, 0.15) is 81.1 Å². The summed E-state index contributed by atoms with van der Waals surface area (Å²) in [6.45, 7) is 5.17. The number of nitrogens with one attached hydrogen (secondary N) is 1. The zero-order chi connectivity index (χ0) is 38.0. The van der Waals surface area contributed by atoms with Gasteiger partial charge in [0.1, 0.15) is 5.75 Å². The van der Waals surface area contributed by atoms with Gasteiger partial charge in [-0.05, 0) is 105 Å². The number of methoxy groups -OCH3 is 2. The van der Waals surface area contributed by atoms with Crippen molar-refractivity contribution in [1.82, 2.24) is 4.90 Å². The Labute approximate surface area is 309 Å². The number of nitrogens with zero attached hydrogens (tertiary/aromatic N) is 1. The summed E-state index contributed by atoms with van der Waals surface area (Å²) in [6, 6.07) is 11.3.